The predicted molar refractivity (Wildman–Crippen MR) is 56.8 cm³/mol. The van der Waals surface area contributed by atoms with Gasteiger partial charge in [0.2, 0.25) is 0 Å². The second-order valence-corrected chi connectivity index (χ2v) is 4.08. The lowest BCUT2D eigenvalue weighted by atomic mass is 10.5. The van der Waals surface area contributed by atoms with Gasteiger partial charge in [-0.25, -0.2) is 9.78 Å². The van der Waals surface area contributed by atoms with Gasteiger partial charge >= 0.3 is 11.7 Å². The van der Waals surface area contributed by atoms with Crippen LogP contribution in [0.3, 0.4) is 0 Å². The molecule has 1 N–H and O–H groups in total. The molecule has 82 valence electrons. The quantitative estimate of drug-likeness (QED) is 0.469. The normalized spacial score (nSPS) is 10.3. The van der Waals surface area contributed by atoms with E-state index in [0.29, 0.717) is 5.03 Å². The van der Waals surface area contributed by atoms with Gasteiger partial charge in [-0.2, -0.15) is 0 Å². The number of hydrogen-bond donors (Lipinski definition) is 1. The first-order chi connectivity index (χ1) is 7.08. The van der Waals surface area contributed by atoms with Crippen LogP contribution in [0.2, 0.25) is 0 Å². The summed E-state index contributed by atoms with van der Waals surface area (Å²) in [7, 11) is 0. The second kappa shape index (κ2) is 5.55. The lowest BCUT2D eigenvalue weighted by molar-refractivity contribution is -0.144. The molecule has 1 aromatic heterocycles. The number of esters is 1. The van der Waals surface area contributed by atoms with Gasteiger partial charge in [-0.3, -0.25) is 4.79 Å². The van der Waals surface area contributed by atoms with Crippen LogP contribution in [0.25, 0.3) is 0 Å². The predicted octanol–water partition coefficient (Wildman–Crippen LogP) is 0.814. The number of nitrogens with zero attached hydrogens (tertiary/aromatic N) is 1. The molecule has 0 aromatic carbocycles. The number of thioether (sulfide) groups is 1. The van der Waals surface area contributed by atoms with Gasteiger partial charge in [0, 0.05) is 6.20 Å². The first-order valence-corrected chi connectivity index (χ1v) is 5.44. The van der Waals surface area contributed by atoms with E-state index in [4.69, 9.17) is 4.74 Å². The summed E-state index contributed by atoms with van der Waals surface area (Å²) in [5.41, 5.74) is -0.419. The van der Waals surface area contributed by atoms with Crippen LogP contribution in [0.15, 0.2) is 22.1 Å². The van der Waals surface area contributed by atoms with Crippen molar-refractivity contribution in [3.05, 3.63) is 22.7 Å². The van der Waals surface area contributed by atoms with Gasteiger partial charge in [0.05, 0.1) is 16.9 Å². The van der Waals surface area contributed by atoms with Crippen LogP contribution in [-0.2, 0) is 9.53 Å². The molecule has 1 aromatic rings. The zero-order valence-corrected chi connectivity index (χ0v) is 9.34. The standard InChI is InChI=1S/C9H12N2O3S/c1-6(2)14-8(12)5-15-7-3-4-10-9(13)11-7/h3-4,6H,5H2,1-2H3,(H,10,11,13). The van der Waals surface area contributed by atoms with Crippen molar-refractivity contribution in [2.45, 2.75) is 25.0 Å². The maximum absolute atomic E-state index is 11.2. The first kappa shape index (κ1) is 11.8. The zero-order chi connectivity index (χ0) is 11.3. The van der Waals surface area contributed by atoms with Crippen LogP contribution in [0, 0.1) is 0 Å². The summed E-state index contributed by atoms with van der Waals surface area (Å²) in [4.78, 5) is 28.0. The summed E-state index contributed by atoms with van der Waals surface area (Å²) < 4.78 is 4.93. The number of ether oxygens (including phenoxy) is 1. The number of nitrogens with one attached hydrogen (secondary N) is 1. The summed E-state index contributed by atoms with van der Waals surface area (Å²) in [6.45, 7) is 3.58. The van der Waals surface area contributed by atoms with Crippen LogP contribution in [-0.4, -0.2) is 27.8 Å². The third-order valence-electron chi connectivity index (χ3n) is 1.36. The molecule has 0 aliphatic rings. The molecule has 0 bridgehead atoms. The van der Waals surface area contributed by atoms with E-state index >= 15 is 0 Å². The first-order valence-electron chi connectivity index (χ1n) is 4.45. The summed E-state index contributed by atoms with van der Waals surface area (Å²) in [6, 6.07) is 1.63. The third kappa shape index (κ3) is 4.64. The summed E-state index contributed by atoms with van der Waals surface area (Å²) in [5.74, 6) is -0.120. The van der Waals surface area contributed by atoms with E-state index in [9.17, 15) is 9.59 Å². The van der Waals surface area contributed by atoms with Crippen molar-refractivity contribution in [3.63, 3.8) is 0 Å². The van der Waals surface area contributed by atoms with Gasteiger partial charge in [0.15, 0.2) is 0 Å². The maximum atomic E-state index is 11.2. The fourth-order valence-corrected chi connectivity index (χ4v) is 1.53. The van der Waals surface area contributed by atoms with E-state index < -0.39 is 5.69 Å². The monoisotopic (exact) mass is 228 g/mol. The number of rotatable bonds is 4. The van der Waals surface area contributed by atoms with E-state index in [1.807, 2.05) is 0 Å². The average molecular weight is 228 g/mol. The number of carbonyl (C=O) groups excluding carboxylic acids is 1. The smallest absolute Gasteiger partial charge is 0.345 e. The Morgan fingerprint density at radius 2 is 2.40 bits per heavy atom. The highest BCUT2D eigenvalue weighted by Crippen LogP contribution is 2.12. The molecule has 1 rings (SSSR count). The van der Waals surface area contributed by atoms with Crippen LogP contribution < -0.4 is 5.69 Å². The van der Waals surface area contributed by atoms with Crippen LogP contribution >= 0.6 is 11.8 Å². The second-order valence-electron chi connectivity index (χ2n) is 3.07. The largest absolute Gasteiger partial charge is 0.462 e. The lowest BCUT2D eigenvalue weighted by Crippen LogP contribution is -2.14. The Morgan fingerprint density at radius 3 is 3.00 bits per heavy atom. The van der Waals surface area contributed by atoms with E-state index in [1.54, 1.807) is 19.9 Å². The van der Waals surface area contributed by atoms with Crippen LogP contribution in [0.4, 0.5) is 0 Å². The van der Waals surface area contributed by atoms with Gasteiger partial charge in [-0.15, -0.1) is 0 Å². The van der Waals surface area contributed by atoms with Gasteiger partial charge in [0.1, 0.15) is 0 Å². The third-order valence-corrected chi connectivity index (χ3v) is 2.29. The zero-order valence-electron chi connectivity index (χ0n) is 8.52. The molecule has 1 heterocycles. The molecule has 15 heavy (non-hydrogen) atoms. The fourth-order valence-electron chi connectivity index (χ4n) is 0.870. The number of H-pyrrole nitrogens is 1. The fraction of sp³-hybridized carbons (Fsp3) is 0.444. The molecule has 0 saturated heterocycles. The molecule has 0 amide bonds. The average Bonchev–Trinajstić information content (AvgIpc) is 2.14. The Bertz CT molecular complexity index is 389. The molecule has 0 spiro atoms. The Kier molecular flexibility index (Phi) is 4.36. The molecule has 6 heteroatoms. The molecule has 0 radical (unpaired) electrons. The molecular weight excluding hydrogens is 216 g/mol. The molecule has 0 saturated carbocycles. The highest BCUT2D eigenvalue weighted by atomic mass is 32.2. The molecule has 0 unspecified atom stereocenters. The minimum Gasteiger partial charge on any atom is -0.462 e. The number of hydrogen-bond acceptors (Lipinski definition) is 5. The van der Waals surface area contributed by atoms with E-state index in [0.717, 1.165) is 0 Å². The van der Waals surface area contributed by atoms with Gasteiger partial charge in [-0.05, 0) is 19.9 Å². The summed E-state index contributed by atoms with van der Waals surface area (Å²) in [5, 5.41) is 0.607. The van der Waals surface area contributed by atoms with Gasteiger partial charge in [0.25, 0.3) is 0 Å². The van der Waals surface area contributed by atoms with Gasteiger partial charge in [-0.1, -0.05) is 11.8 Å². The topological polar surface area (TPSA) is 72.0 Å². The van der Waals surface area contributed by atoms with Gasteiger partial charge < -0.3 is 9.72 Å². The van der Waals surface area contributed by atoms with E-state index in [1.165, 1.54) is 18.0 Å². The Morgan fingerprint density at radius 1 is 1.67 bits per heavy atom. The van der Waals surface area contributed by atoms with Crippen molar-refractivity contribution < 1.29 is 9.53 Å². The van der Waals surface area contributed by atoms with E-state index in [-0.39, 0.29) is 17.8 Å². The lowest BCUT2D eigenvalue weighted by Gasteiger charge is -2.06. The SMILES string of the molecule is CC(C)OC(=O)CSc1ccnc(=O)[nH]1. The minimum atomic E-state index is -0.419. The Labute approximate surface area is 91.3 Å². The number of carbonyl (C=O) groups is 1. The van der Waals surface area contributed by atoms with Crippen LogP contribution in [0.5, 0.6) is 0 Å². The van der Waals surface area contributed by atoms with Crippen molar-refractivity contribution in [1.29, 1.82) is 0 Å². The highest BCUT2D eigenvalue weighted by Gasteiger charge is 2.06. The maximum Gasteiger partial charge on any atom is 0.345 e. The Balaban J connectivity index is 2.44. The van der Waals surface area contributed by atoms with E-state index in [2.05, 4.69) is 9.97 Å². The van der Waals surface area contributed by atoms with Crippen molar-refractivity contribution in [2.75, 3.05) is 5.75 Å². The molecule has 0 fully saturated rings. The van der Waals surface area contributed by atoms with Crippen molar-refractivity contribution in [1.82, 2.24) is 9.97 Å². The van der Waals surface area contributed by atoms with Crippen molar-refractivity contribution in [2.24, 2.45) is 0 Å². The number of aromatic amines is 1. The molecule has 0 atom stereocenters. The van der Waals surface area contributed by atoms with Crippen LogP contribution in [0.1, 0.15) is 13.8 Å². The Hall–Kier alpha value is -1.30. The molecule has 0 aliphatic heterocycles. The molecular formula is C9H12N2O3S. The molecule has 5 nitrogen and oxygen atoms in total. The number of aromatic nitrogens is 2. The highest BCUT2D eigenvalue weighted by molar-refractivity contribution is 7.99. The summed E-state index contributed by atoms with van der Waals surface area (Å²) >= 11 is 1.21. The minimum absolute atomic E-state index is 0.116. The molecule has 0 aliphatic carbocycles. The van der Waals surface area contributed by atoms with Crippen molar-refractivity contribution >= 4 is 17.7 Å². The summed E-state index contributed by atoms with van der Waals surface area (Å²) in [6.07, 6.45) is 1.28. The van der Waals surface area contributed by atoms with Crippen molar-refractivity contribution in [3.8, 4) is 0 Å².